The zero-order chi connectivity index (χ0) is 13.0. The summed E-state index contributed by atoms with van der Waals surface area (Å²) >= 11 is 0. The van der Waals surface area contributed by atoms with E-state index in [2.05, 4.69) is 15.6 Å². The Balaban J connectivity index is 3.03. The molecule has 0 aliphatic rings. The minimum Gasteiger partial charge on any atom is -0.306 e. The first kappa shape index (κ1) is 12.9. The van der Waals surface area contributed by atoms with Crippen molar-refractivity contribution in [3.8, 4) is 0 Å². The van der Waals surface area contributed by atoms with Gasteiger partial charge in [-0.25, -0.2) is 10.3 Å². The summed E-state index contributed by atoms with van der Waals surface area (Å²) in [5, 5.41) is 13.2. The second kappa shape index (κ2) is 5.26. The number of hydrogen-bond acceptors (Lipinski definition) is 4. The van der Waals surface area contributed by atoms with Crippen LogP contribution in [-0.4, -0.2) is 18.1 Å². The molecule has 7 heteroatoms. The predicted octanol–water partition coefficient (Wildman–Crippen LogP) is 1.89. The van der Waals surface area contributed by atoms with Gasteiger partial charge in [0.25, 0.3) is 5.69 Å². The Labute approximate surface area is 97.9 Å². The van der Waals surface area contributed by atoms with Crippen molar-refractivity contribution in [1.82, 2.24) is 5.48 Å². The fourth-order valence-corrected chi connectivity index (χ4v) is 1.41. The number of nitrogens with one attached hydrogen (secondary N) is 2. The zero-order valence-electron chi connectivity index (χ0n) is 9.73. The van der Waals surface area contributed by atoms with Gasteiger partial charge in [0.15, 0.2) is 0 Å². The number of urea groups is 1. The third-order valence-corrected chi connectivity index (χ3v) is 2.18. The van der Waals surface area contributed by atoms with Crippen LogP contribution in [0, 0.1) is 24.0 Å². The number of benzene rings is 1. The molecule has 2 N–H and O–H groups in total. The van der Waals surface area contributed by atoms with Crippen LogP contribution in [0.4, 0.5) is 16.2 Å². The maximum Gasteiger partial charge on any atom is 0.343 e. The molecule has 0 saturated carbocycles. The number of nitrogens with zero attached hydrogens (tertiary/aromatic N) is 1. The third kappa shape index (κ3) is 3.15. The number of anilines is 1. The SMILES string of the molecule is CONC(=O)Nc1cc([N+](=O)[O-])c(C)cc1C. The molecule has 1 rings (SSSR count). The number of carbonyl (C=O) groups is 1. The van der Waals surface area contributed by atoms with Gasteiger partial charge in [-0.05, 0) is 25.5 Å². The van der Waals surface area contributed by atoms with Crippen molar-refractivity contribution in [3.05, 3.63) is 33.4 Å². The number of hydroxylamine groups is 1. The molecule has 1 aromatic rings. The Morgan fingerprint density at radius 1 is 1.35 bits per heavy atom. The lowest BCUT2D eigenvalue weighted by atomic mass is 10.1. The number of nitro groups is 1. The fourth-order valence-electron chi connectivity index (χ4n) is 1.41. The maximum absolute atomic E-state index is 11.2. The highest BCUT2D eigenvalue weighted by atomic mass is 16.6. The highest BCUT2D eigenvalue weighted by Gasteiger charge is 2.14. The minimum atomic E-state index is -0.589. The molecule has 0 saturated heterocycles. The van der Waals surface area contributed by atoms with Crippen LogP contribution in [-0.2, 0) is 4.84 Å². The summed E-state index contributed by atoms with van der Waals surface area (Å²) in [4.78, 5) is 25.9. The first-order valence-corrected chi connectivity index (χ1v) is 4.81. The number of rotatable bonds is 3. The predicted molar refractivity (Wildman–Crippen MR) is 61.7 cm³/mol. The quantitative estimate of drug-likeness (QED) is 0.622. The summed E-state index contributed by atoms with van der Waals surface area (Å²) in [5.74, 6) is 0. The van der Waals surface area contributed by atoms with Crippen LogP contribution >= 0.6 is 0 Å². The van der Waals surface area contributed by atoms with Crippen molar-refractivity contribution < 1.29 is 14.6 Å². The molecule has 0 bridgehead atoms. The van der Waals surface area contributed by atoms with Crippen LogP contribution in [0.3, 0.4) is 0 Å². The van der Waals surface area contributed by atoms with Gasteiger partial charge in [-0.2, -0.15) is 0 Å². The van der Waals surface area contributed by atoms with Gasteiger partial charge >= 0.3 is 6.03 Å². The molecule has 0 aliphatic heterocycles. The number of hydrogen-bond donors (Lipinski definition) is 2. The summed E-state index contributed by atoms with van der Waals surface area (Å²) in [6.45, 7) is 3.39. The van der Waals surface area contributed by atoms with E-state index < -0.39 is 11.0 Å². The van der Waals surface area contributed by atoms with E-state index >= 15 is 0 Å². The Morgan fingerprint density at radius 3 is 2.53 bits per heavy atom. The summed E-state index contributed by atoms with van der Waals surface area (Å²) < 4.78 is 0. The van der Waals surface area contributed by atoms with E-state index in [-0.39, 0.29) is 5.69 Å². The Hall–Kier alpha value is -2.15. The molecule has 0 heterocycles. The minimum absolute atomic E-state index is 0.0386. The molecule has 1 aromatic carbocycles. The lowest BCUT2D eigenvalue weighted by Gasteiger charge is -2.09. The van der Waals surface area contributed by atoms with E-state index in [1.807, 2.05) is 0 Å². The van der Waals surface area contributed by atoms with Crippen LogP contribution in [0.15, 0.2) is 12.1 Å². The molecule has 0 spiro atoms. The van der Waals surface area contributed by atoms with Gasteiger partial charge in [-0.1, -0.05) is 0 Å². The van der Waals surface area contributed by atoms with Crippen LogP contribution in [0.2, 0.25) is 0 Å². The van der Waals surface area contributed by atoms with Gasteiger partial charge in [-0.3, -0.25) is 15.0 Å². The largest absolute Gasteiger partial charge is 0.343 e. The van der Waals surface area contributed by atoms with E-state index in [1.165, 1.54) is 13.2 Å². The number of aryl methyl sites for hydroxylation is 2. The average molecular weight is 239 g/mol. The normalized spacial score (nSPS) is 9.82. The monoisotopic (exact) mass is 239 g/mol. The van der Waals surface area contributed by atoms with Crippen molar-refractivity contribution in [3.63, 3.8) is 0 Å². The molecular formula is C10H13N3O4. The van der Waals surface area contributed by atoms with Crippen LogP contribution in [0.1, 0.15) is 11.1 Å². The van der Waals surface area contributed by atoms with E-state index in [0.717, 1.165) is 5.56 Å². The molecule has 0 fully saturated rings. The van der Waals surface area contributed by atoms with E-state index in [4.69, 9.17) is 0 Å². The van der Waals surface area contributed by atoms with E-state index in [0.29, 0.717) is 11.3 Å². The van der Waals surface area contributed by atoms with E-state index in [1.54, 1.807) is 19.9 Å². The van der Waals surface area contributed by atoms with Gasteiger partial charge in [-0.15, -0.1) is 0 Å². The molecule has 0 radical (unpaired) electrons. The number of carbonyl (C=O) groups excluding carboxylic acids is 1. The lowest BCUT2D eigenvalue weighted by molar-refractivity contribution is -0.385. The fraction of sp³-hybridized carbons (Fsp3) is 0.300. The highest BCUT2D eigenvalue weighted by Crippen LogP contribution is 2.26. The molecule has 7 nitrogen and oxygen atoms in total. The number of amides is 2. The molecule has 2 amide bonds. The first-order chi connectivity index (χ1) is 7.95. The summed E-state index contributed by atoms with van der Waals surface area (Å²) in [6, 6.07) is 2.37. The summed E-state index contributed by atoms with van der Waals surface area (Å²) in [7, 11) is 1.30. The number of nitro benzene ring substituents is 1. The molecular weight excluding hydrogens is 226 g/mol. The van der Waals surface area contributed by atoms with Crippen molar-refractivity contribution >= 4 is 17.4 Å². The molecule has 17 heavy (non-hydrogen) atoms. The van der Waals surface area contributed by atoms with Crippen LogP contribution < -0.4 is 10.8 Å². The van der Waals surface area contributed by atoms with Crippen molar-refractivity contribution in [1.29, 1.82) is 0 Å². The van der Waals surface area contributed by atoms with Gasteiger partial charge in [0.05, 0.1) is 17.7 Å². The zero-order valence-corrected chi connectivity index (χ0v) is 9.73. The van der Waals surface area contributed by atoms with Gasteiger partial charge in [0, 0.05) is 11.6 Å². The molecule has 0 aromatic heterocycles. The first-order valence-electron chi connectivity index (χ1n) is 4.81. The van der Waals surface area contributed by atoms with E-state index in [9.17, 15) is 14.9 Å². The smallest absolute Gasteiger partial charge is 0.306 e. The third-order valence-electron chi connectivity index (χ3n) is 2.18. The van der Waals surface area contributed by atoms with Gasteiger partial charge in [0.2, 0.25) is 0 Å². The van der Waals surface area contributed by atoms with Crippen LogP contribution in [0.5, 0.6) is 0 Å². The Kier molecular flexibility index (Phi) is 4.00. The Bertz CT molecular complexity index is 459. The van der Waals surface area contributed by atoms with Crippen molar-refractivity contribution in [2.75, 3.05) is 12.4 Å². The second-order valence-corrected chi connectivity index (χ2v) is 3.47. The molecule has 0 unspecified atom stereocenters. The van der Waals surface area contributed by atoms with Gasteiger partial charge in [0.1, 0.15) is 0 Å². The lowest BCUT2D eigenvalue weighted by Crippen LogP contribution is -2.27. The van der Waals surface area contributed by atoms with Crippen LogP contribution in [0.25, 0.3) is 0 Å². The van der Waals surface area contributed by atoms with Crippen molar-refractivity contribution in [2.45, 2.75) is 13.8 Å². The second-order valence-electron chi connectivity index (χ2n) is 3.47. The molecule has 92 valence electrons. The summed E-state index contributed by atoms with van der Waals surface area (Å²) in [6.07, 6.45) is 0. The molecule has 0 aliphatic carbocycles. The summed E-state index contributed by atoms with van der Waals surface area (Å²) in [5.41, 5.74) is 3.68. The molecule has 0 atom stereocenters. The standard InChI is InChI=1S/C10H13N3O4/c1-6-4-7(2)9(13(15)16)5-8(6)11-10(14)12-17-3/h4-5H,1-3H3,(H2,11,12,14). The average Bonchev–Trinajstić information content (AvgIpc) is 2.21. The van der Waals surface area contributed by atoms with Crippen molar-refractivity contribution in [2.24, 2.45) is 0 Å². The maximum atomic E-state index is 11.2. The topological polar surface area (TPSA) is 93.5 Å². The highest BCUT2D eigenvalue weighted by molar-refractivity contribution is 5.90. The Morgan fingerprint density at radius 2 is 2.00 bits per heavy atom. The van der Waals surface area contributed by atoms with Gasteiger partial charge < -0.3 is 5.32 Å².